The van der Waals surface area contributed by atoms with Gasteiger partial charge in [-0.15, -0.1) is 15.3 Å². The van der Waals surface area contributed by atoms with E-state index in [0.29, 0.717) is 18.7 Å². The monoisotopic (exact) mass is 1290 g/mol. The second kappa shape index (κ2) is 31.2. The quantitative estimate of drug-likeness (QED) is 0.0209. The van der Waals surface area contributed by atoms with Gasteiger partial charge >= 0.3 is 0 Å². The lowest BCUT2D eigenvalue weighted by atomic mass is 9.84. The second-order valence-electron chi connectivity index (χ2n) is 25.2. The standard InChI is InChI=1S/C60H93N19O13/c1-75-20-22-76(23-21-75)37-14-17-41-42(24-37)68-57(67-41)33-12-15-38(16-13-33)86-32-36-30-78(73-71-36)19-9-5-3-2-4-8-18-77-28-34(69-72-77)10-6-7-11-35-29-79(74-70-35)31-45-55(91-59-47(66)52(84)50(82)44(27-62)88-59)53(85)60(89-45)92-56-48(80)39(63)25-40(64)54(56)90-58-46(65)51(83)49(81)43(26-61)87-58/h12-17,24,28-30,39-40,43-56,58-60,80-85H,2-11,18-23,25-27,31-32,61-66H2,1H3,(H,67,68)/t39-,40?,43?,44+,45-,46?,47?,48?,49-,50-,51-,52?,53+,54-,55+,56-,58+,59-,60?/m1/s1. The third kappa shape index (κ3) is 16.3. The Kier molecular flexibility index (Phi) is 22.9. The molecule has 4 aromatic heterocycles. The van der Waals surface area contributed by atoms with Gasteiger partial charge < -0.3 is 113 Å². The van der Waals surface area contributed by atoms with Crippen LogP contribution in [0.2, 0.25) is 0 Å². The van der Waals surface area contributed by atoms with E-state index in [2.05, 4.69) is 71.0 Å². The largest absolute Gasteiger partial charge is 0.487 e. The van der Waals surface area contributed by atoms with Crippen molar-refractivity contribution >= 4 is 16.7 Å². The number of H-pyrrole nitrogens is 1. The van der Waals surface area contributed by atoms with E-state index in [1.54, 1.807) is 6.20 Å². The molecule has 4 saturated heterocycles. The van der Waals surface area contributed by atoms with Gasteiger partial charge in [0.2, 0.25) is 0 Å². The number of unbranched alkanes of at least 4 members (excludes halogenated alkanes) is 6. The number of nitrogens with zero attached hydrogens (tertiary/aromatic N) is 12. The van der Waals surface area contributed by atoms with Crippen LogP contribution in [0, 0.1) is 0 Å². The number of ether oxygens (including phenoxy) is 7. The SMILES string of the molecule is CN1CCN(c2ccc3nc(-c4ccc(OCc5cn(CCCCCCCCn6cc(CCCCc7cn(C[C@H]8OC(O[C@@H]9C(O)[C@H](N)CC(N)[C@H]9O[C@@H]9OC(CN)[C@@H](O)[C@H](O)C9N)[C@@H](O)[C@H]8O[C@H]8O[C@@H](CN)[C@@H](O)C(O)C8N)nn7)nn6)nn5)cc4)[nH]c3c2)CC1. The van der Waals surface area contributed by atoms with Crippen LogP contribution in [0.5, 0.6) is 5.75 Å². The van der Waals surface area contributed by atoms with Gasteiger partial charge in [-0.05, 0) is 94.5 Å². The van der Waals surface area contributed by atoms with Crippen molar-refractivity contribution in [2.24, 2.45) is 34.4 Å². The van der Waals surface area contributed by atoms with Crippen molar-refractivity contribution in [1.29, 1.82) is 0 Å². The lowest BCUT2D eigenvalue weighted by molar-refractivity contribution is -0.306. The van der Waals surface area contributed by atoms with Crippen LogP contribution in [0.4, 0.5) is 5.69 Å². The molecule has 2 aromatic carbocycles. The Morgan fingerprint density at radius 3 is 1.72 bits per heavy atom. The molecule has 0 amide bonds. The first kappa shape index (κ1) is 67.6. The minimum Gasteiger partial charge on any atom is -0.487 e. The number of nitrogens with one attached hydrogen (secondary N) is 1. The molecule has 92 heavy (non-hydrogen) atoms. The van der Waals surface area contributed by atoms with Crippen LogP contribution in [0.15, 0.2) is 61.1 Å². The van der Waals surface area contributed by atoms with Gasteiger partial charge in [-0.2, -0.15) is 0 Å². The minimum absolute atomic E-state index is 0.0332. The number of anilines is 1. The number of aromatic amines is 1. The van der Waals surface area contributed by atoms with Crippen LogP contribution in [0.25, 0.3) is 22.4 Å². The van der Waals surface area contributed by atoms with Gasteiger partial charge in [0, 0.05) is 88.1 Å². The Morgan fingerprint density at radius 1 is 0.554 bits per heavy atom. The van der Waals surface area contributed by atoms with Gasteiger partial charge in [-0.3, -0.25) is 9.36 Å². The number of imidazole rings is 1. The summed E-state index contributed by atoms with van der Waals surface area (Å²) in [6.07, 6.45) is -4.83. The summed E-state index contributed by atoms with van der Waals surface area (Å²) < 4.78 is 48.3. The van der Waals surface area contributed by atoms with Crippen molar-refractivity contribution in [1.82, 2.24) is 59.8 Å². The third-order valence-electron chi connectivity index (χ3n) is 18.3. The van der Waals surface area contributed by atoms with E-state index in [1.807, 2.05) is 46.0 Å². The summed E-state index contributed by atoms with van der Waals surface area (Å²) in [5.41, 5.74) is 43.6. The third-order valence-corrected chi connectivity index (χ3v) is 18.3. The average Bonchev–Trinajstić information content (AvgIpc) is 1.79. The van der Waals surface area contributed by atoms with Crippen molar-refractivity contribution in [2.45, 2.75) is 213 Å². The van der Waals surface area contributed by atoms with E-state index in [-0.39, 0.29) is 26.1 Å². The molecule has 7 unspecified atom stereocenters. The van der Waals surface area contributed by atoms with Crippen molar-refractivity contribution in [2.75, 3.05) is 51.2 Å². The van der Waals surface area contributed by atoms with Crippen LogP contribution in [0.3, 0.4) is 0 Å². The number of aliphatic hydroxyl groups excluding tert-OH is 6. The highest BCUT2D eigenvalue weighted by Crippen LogP contribution is 2.36. The van der Waals surface area contributed by atoms with Crippen molar-refractivity contribution < 1.29 is 63.8 Å². The summed E-state index contributed by atoms with van der Waals surface area (Å²) in [7, 11) is 2.17. The number of nitrogens with two attached hydrogens (primary N) is 6. The van der Waals surface area contributed by atoms with Gasteiger partial charge in [0.05, 0.1) is 53.4 Å². The maximum Gasteiger partial charge on any atom is 0.187 e. The summed E-state index contributed by atoms with van der Waals surface area (Å²) in [6.45, 7) is 5.70. The molecule has 19 atom stereocenters. The van der Waals surface area contributed by atoms with Gasteiger partial charge in [0.15, 0.2) is 18.9 Å². The average molecular weight is 1290 g/mol. The summed E-state index contributed by atoms with van der Waals surface area (Å²) in [4.78, 5) is 13.1. The number of aromatic nitrogens is 11. The number of likely N-dealkylation sites (N-methyl/N-ethyl adjacent to an activating group) is 1. The summed E-state index contributed by atoms with van der Waals surface area (Å²) in [6, 6.07) is 10.1. The number of piperazine rings is 1. The zero-order valence-electron chi connectivity index (χ0n) is 52.0. The molecule has 5 aliphatic rings. The molecule has 0 spiro atoms. The maximum absolute atomic E-state index is 12.0. The summed E-state index contributed by atoms with van der Waals surface area (Å²) >= 11 is 0. The van der Waals surface area contributed by atoms with E-state index in [0.717, 1.165) is 137 Å². The molecule has 32 nitrogen and oxygen atoms in total. The molecule has 0 bridgehead atoms. The minimum atomic E-state index is -1.61. The van der Waals surface area contributed by atoms with Crippen LogP contribution < -0.4 is 44.0 Å². The van der Waals surface area contributed by atoms with E-state index < -0.39 is 116 Å². The summed E-state index contributed by atoms with van der Waals surface area (Å²) in [5, 5.41) is 92.1. The van der Waals surface area contributed by atoms with E-state index in [4.69, 9.17) is 72.5 Å². The van der Waals surface area contributed by atoms with Crippen molar-refractivity contribution in [3.63, 3.8) is 0 Å². The number of benzene rings is 2. The van der Waals surface area contributed by atoms with Gasteiger partial charge in [-0.1, -0.05) is 41.3 Å². The first-order valence-electron chi connectivity index (χ1n) is 32.3. The predicted molar refractivity (Wildman–Crippen MR) is 331 cm³/mol. The Labute approximate surface area is 532 Å². The molecule has 1 aliphatic carbocycles. The molecule has 506 valence electrons. The highest BCUT2D eigenvalue weighted by Gasteiger charge is 2.55. The van der Waals surface area contributed by atoms with Crippen LogP contribution in [0.1, 0.15) is 74.9 Å². The first-order valence-corrected chi connectivity index (χ1v) is 32.3. The highest BCUT2D eigenvalue weighted by molar-refractivity contribution is 5.83. The van der Waals surface area contributed by atoms with Crippen LogP contribution in [-0.4, -0.2) is 253 Å². The normalized spacial score (nSPS) is 32.3. The van der Waals surface area contributed by atoms with Crippen molar-refractivity contribution in [3.05, 3.63) is 78.1 Å². The van der Waals surface area contributed by atoms with Gasteiger partial charge in [-0.25, -0.2) is 9.67 Å². The molecule has 32 heteroatoms. The number of aliphatic hydroxyl groups is 6. The molecule has 19 N–H and O–H groups in total. The topological polar surface area (TPSA) is 469 Å². The predicted octanol–water partition coefficient (Wildman–Crippen LogP) is -2.93. The molecule has 11 rings (SSSR count). The van der Waals surface area contributed by atoms with E-state index in [9.17, 15) is 30.6 Å². The Hall–Kier alpha value is -5.83. The Bertz CT molecular complexity index is 3220. The maximum atomic E-state index is 12.0. The van der Waals surface area contributed by atoms with Crippen LogP contribution in [-0.2, 0) is 67.5 Å². The number of aryl methyl sites for hydroxylation is 4. The lowest BCUT2D eigenvalue weighted by Gasteiger charge is -2.47. The number of hydrogen-bond donors (Lipinski definition) is 13. The molecule has 8 heterocycles. The zero-order chi connectivity index (χ0) is 64.6. The number of fused-ring (bicyclic) bond motifs is 1. The Balaban J connectivity index is 0.587. The van der Waals surface area contributed by atoms with E-state index in [1.165, 1.54) is 10.4 Å². The summed E-state index contributed by atoms with van der Waals surface area (Å²) in [5.74, 6) is 1.58. The van der Waals surface area contributed by atoms with Crippen molar-refractivity contribution in [3.8, 4) is 17.1 Å². The molecular weight excluding hydrogens is 1190 g/mol. The Morgan fingerprint density at radius 2 is 1.10 bits per heavy atom. The fourth-order valence-corrected chi connectivity index (χ4v) is 12.7. The number of hydrogen-bond acceptors (Lipinski definition) is 28. The highest BCUT2D eigenvalue weighted by atomic mass is 16.8. The zero-order valence-corrected chi connectivity index (χ0v) is 52.0. The molecule has 6 aromatic rings. The molecule has 5 fully saturated rings. The fourth-order valence-electron chi connectivity index (χ4n) is 12.7. The molecule has 1 saturated carbocycles. The van der Waals surface area contributed by atoms with Crippen LogP contribution >= 0.6 is 0 Å². The lowest BCUT2D eigenvalue weighted by Crippen LogP contribution is -2.68. The molecule has 4 aliphatic heterocycles. The molecule has 0 radical (unpaired) electrons. The number of rotatable bonds is 29. The fraction of sp³-hybridized carbons (Fsp3) is 0.683. The molecular formula is C60H93N19O13. The van der Waals surface area contributed by atoms with E-state index >= 15 is 0 Å². The second-order valence-corrected chi connectivity index (χ2v) is 25.2. The smallest absolute Gasteiger partial charge is 0.187 e. The van der Waals surface area contributed by atoms with Gasteiger partial charge in [0.25, 0.3) is 0 Å². The first-order chi connectivity index (χ1) is 44.5. The van der Waals surface area contributed by atoms with Gasteiger partial charge in [0.1, 0.15) is 91.0 Å².